The molecular weight excluding hydrogens is 298 g/mol. The number of rotatable bonds is 2. The van der Waals surface area contributed by atoms with E-state index < -0.39 is 0 Å². The lowest BCUT2D eigenvalue weighted by Crippen LogP contribution is -2.22. The van der Waals surface area contributed by atoms with Gasteiger partial charge >= 0.3 is 0 Å². The van der Waals surface area contributed by atoms with E-state index in [2.05, 4.69) is 68.0 Å². The van der Waals surface area contributed by atoms with Crippen LogP contribution in [0.15, 0.2) is 36.4 Å². The van der Waals surface area contributed by atoms with E-state index in [1.54, 1.807) is 0 Å². The third-order valence-electron chi connectivity index (χ3n) is 4.83. The average molecular weight is 322 g/mol. The summed E-state index contributed by atoms with van der Waals surface area (Å²) in [6, 6.07) is 13.2. The molecule has 0 N–H and O–H groups in total. The second-order valence-corrected chi connectivity index (χ2v) is 7.70. The summed E-state index contributed by atoms with van der Waals surface area (Å²) in [4.78, 5) is 0. The van der Waals surface area contributed by atoms with Crippen molar-refractivity contribution in [3.63, 3.8) is 0 Å². The molecule has 0 saturated carbocycles. The summed E-state index contributed by atoms with van der Waals surface area (Å²) in [5.74, 6) is 1.75. The minimum absolute atomic E-state index is 0.206. The summed E-state index contributed by atoms with van der Waals surface area (Å²) < 4.78 is 13.4. The highest BCUT2D eigenvalue weighted by Gasteiger charge is 2.22. The third-order valence-corrected chi connectivity index (χ3v) is 4.83. The zero-order valence-corrected chi connectivity index (χ0v) is 14.6. The van der Waals surface area contributed by atoms with E-state index in [0.717, 1.165) is 31.0 Å². The number of benzene rings is 2. The number of fused-ring (bicyclic) bond motifs is 2. The lowest BCUT2D eigenvalue weighted by atomic mass is 9.87. The summed E-state index contributed by atoms with van der Waals surface area (Å²) in [6.07, 6.45) is 3.29. The van der Waals surface area contributed by atoms with Crippen molar-refractivity contribution >= 4 is 6.21 Å². The van der Waals surface area contributed by atoms with Gasteiger partial charge in [0.05, 0.1) is 0 Å². The molecule has 2 heterocycles. The predicted molar refractivity (Wildman–Crippen MR) is 95.4 cm³/mol. The molecule has 0 saturated heterocycles. The van der Waals surface area contributed by atoms with Crippen LogP contribution in [0.4, 0.5) is 0 Å². The Morgan fingerprint density at radius 1 is 1.00 bits per heavy atom. The Hall–Kier alpha value is -2.29. The Morgan fingerprint density at radius 2 is 1.71 bits per heavy atom. The highest BCUT2D eigenvalue weighted by atomic mass is 16.7. The number of nitrogens with zero attached hydrogens (tertiary/aromatic N) is 1. The zero-order valence-electron chi connectivity index (χ0n) is 14.6. The number of hydrogen-bond acceptors (Lipinski definition) is 2. The van der Waals surface area contributed by atoms with Gasteiger partial charge in [-0.2, -0.15) is 0 Å². The molecule has 3 nitrogen and oxygen atoms in total. The van der Waals surface area contributed by atoms with Gasteiger partial charge in [-0.15, -0.1) is 0 Å². The van der Waals surface area contributed by atoms with Crippen LogP contribution in [-0.4, -0.2) is 24.1 Å². The molecule has 0 bridgehead atoms. The Labute approximate surface area is 143 Å². The van der Waals surface area contributed by atoms with Crippen LogP contribution >= 0.6 is 0 Å². The van der Waals surface area contributed by atoms with Crippen LogP contribution in [0.5, 0.6) is 11.5 Å². The normalized spacial score (nSPS) is 15.9. The van der Waals surface area contributed by atoms with Crippen LogP contribution in [0.2, 0.25) is 0 Å². The maximum absolute atomic E-state index is 5.50. The molecule has 0 atom stereocenters. The van der Waals surface area contributed by atoms with Gasteiger partial charge in [-0.25, -0.2) is 4.58 Å². The van der Waals surface area contributed by atoms with Gasteiger partial charge in [0.1, 0.15) is 6.54 Å². The first-order chi connectivity index (χ1) is 11.5. The lowest BCUT2D eigenvalue weighted by molar-refractivity contribution is -0.540. The standard InChI is InChI=1S/C21H24NO2/c1-21(2,3)18-6-4-15(5-7-18)12-22-9-8-16-10-19-20(24-14-23-19)11-17(16)13-22/h4-7,10-11,13H,8-9,12,14H2,1-3H3/q+1. The first kappa shape index (κ1) is 15.3. The molecule has 2 aromatic carbocycles. The maximum atomic E-state index is 5.50. The Kier molecular flexibility index (Phi) is 3.60. The Balaban J connectivity index is 1.55. The van der Waals surface area contributed by atoms with E-state index in [0.29, 0.717) is 6.79 Å². The van der Waals surface area contributed by atoms with Gasteiger partial charge in [-0.3, -0.25) is 0 Å². The first-order valence-corrected chi connectivity index (χ1v) is 8.60. The fourth-order valence-electron chi connectivity index (χ4n) is 3.33. The molecule has 4 rings (SSSR count). The molecule has 2 aliphatic heterocycles. The van der Waals surface area contributed by atoms with Crippen LogP contribution in [0.1, 0.15) is 43.0 Å². The first-order valence-electron chi connectivity index (χ1n) is 8.60. The fourth-order valence-corrected chi connectivity index (χ4v) is 3.33. The van der Waals surface area contributed by atoms with E-state index in [1.165, 1.54) is 22.3 Å². The second-order valence-electron chi connectivity index (χ2n) is 7.70. The van der Waals surface area contributed by atoms with Gasteiger partial charge in [0, 0.05) is 17.5 Å². The summed E-state index contributed by atoms with van der Waals surface area (Å²) in [5.41, 5.74) is 5.53. The molecule has 2 aromatic rings. The van der Waals surface area contributed by atoms with Crippen molar-refractivity contribution in [1.82, 2.24) is 0 Å². The monoisotopic (exact) mass is 322 g/mol. The Morgan fingerprint density at radius 3 is 2.42 bits per heavy atom. The topological polar surface area (TPSA) is 21.5 Å². The summed E-state index contributed by atoms with van der Waals surface area (Å²) >= 11 is 0. The van der Waals surface area contributed by atoms with Crippen molar-refractivity contribution in [3.8, 4) is 11.5 Å². The molecule has 0 fully saturated rings. The van der Waals surface area contributed by atoms with E-state index in [1.807, 2.05) is 0 Å². The van der Waals surface area contributed by atoms with Crippen molar-refractivity contribution in [2.24, 2.45) is 0 Å². The minimum Gasteiger partial charge on any atom is -0.454 e. The predicted octanol–water partition coefficient (Wildman–Crippen LogP) is 3.90. The van der Waals surface area contributed by atoms with Crippen molar-refractivity contribution in [2.45, 2.75) is 39.2 Å². The van der Waals surface area contributed by atoms with E-state index in [4.69, 9.17) is 9.47 Å². The summed E-state index contributed by atoms with van der Waals surface area (Å²) in [7, 11) is 0. The molecular formula is C21H24NO2+. The van der Waals surface area contributed by atoms with Gasteiger partial charge < -0.3 is 9.47 Å². The molecule has 0 spiro atoms. The molecule has 3 heteroatoms. The smallest absolute Gasteiger partial charge is 0.231 e. The van der Waals surface area contributed by atoms with Crippen molar-refractivity contribution in [1.29, 1.82) is 0 Å². The quantitative estimate of drug-likeness (QED) is 0.782. The molecule has 24 heavy (non-hydrogen) atoms. The molecule has 0 unspecified atom stereocenters. The molecule has 2 aliphatic rings. The molecule has 0 radical (unpaired) electrons. The van der Waals surface area contributed by atoms with Gasteiger partial charge in [-0.05, 0) is 28.7 Å². The fraction of sp³-hybridized carbons (Fsp3) is 0.381. The van der Waals surface area contributed by atoms with E-state index in [9.17, 15) is 0 Å². The average Bonchev–Trinajstić information content (AvgIpc) is 2.99. The van der Waals surface area contributed by atoms with Gasteiger partial charge in [0.15, 0.2) is 24.3 Å². The summed E-state index contributed by atoms with van der Waals surface area (Å²) in [5, 5.41) is 0. The van der Waals surface area contributed by atoms with Crippen LogP contribution in [-0.2, 0) is 18.4 Å². The second kappa shape index (κ2) is 5.66. The SMILES string of the molecule is CC(C)(C)c1ccc(C[N+]2=Cc3cc4c(cc3CC2)OCO4)cc1. The number of ether oxygens (including phenoxy) is 2. The maximum Gasteiger partial charge on any atom is 0.231 e. The third kappa shape index (κ3) is 2.91. The largest absolute Gasteiger partial charge is 0.454 e. The van der Waals surface area contributed by atoms with Gasteiger partial charge in [-0.1, -0.05) is 45.0 Å². The van der Waals surface area contributed by atoms with Crippen molar-refractivity contribution in [3.05, 3.63) is 58.7 Å². The van der Waals surface area contributed by atoms with Gasteiger partial charge in [0.25, 0.3) is 0 Å². The van der Waals surface area contributed by atoms with E-state index in [-0.39, 0.29) is 5.41 Å². The lowest BCUT2D eigenvalue weighted by Gasteiger charge is -2.19. The summed E-state index contributed by atoms with van der Waals surface area (Å²) in [6.45, 7) is 9.07. The molecule has 0 aromatic heterocycles. The van der Waals surface area contributed by atoms with Gasteiger partial charge in [0.2, 0.25) is 6.79 Å². The molecule has 124 valence electrons. The van der Waals surface area contributed by atoms with E-state index >= 15 is 0 Å². The zero-order chi connectivity index (χ0) is 16.7. The van der Waals surface area contributed by atoms with Crippen molar-refractivity contribution in [2.75, 3.05) is 13.3 Å². The van der Waals surface area contributed by atoms with Crippen LogP contribution in [0.25, 0.3) is 0 Å². The molecule has 0 aliphatic carbocycles. The Bertz CT molecular complexity index is 798. The van der Waals surface area contributed by atoms with Crippen molar-refractivity contribution < 1.29 is 14.0 Å². The highest BCUT2D eigenvalue weighted by Crippen LogP contribution is 2.35. The number of hydrogen-bond donors (Lipinski definition) is 0. The van der Waals surface area contributed by atoms with Crippen LogP contribution in [0.3, 0.4) is 0 Å². The minimum atomic E-state index is 0.206. The van der Waals surface area contributed by atoms with Crippen LogP contribution in [0, 0.1) is 0 Å². The highest BCUT2D eigenvalue weighted by molar-refractivity contribution is 5.80. The van der Waals surface area contributed by atoms with Crippen LogP contribution < -0.4 is 9.47 Å². The molecule has 0 amide bonds.